The van der Waals surface area contributed by atoms with Crippen molar-refractivity contribution >= 4 is 17.7 Å². The maximum absolute atomic E-state index is 13.7. The van der Waals surface area contributed by atoms with Crippen molar-refractivity contribution in [2.45, 2.75) is 63.3 Å². The fraction of sp³-hybridized carbons (Fsp3) is 0.625. The molecule has 0 spiro atoms. The van der Waals surface area contributed by atoms with Gasteiger partial charge in [-0.3, -0.25) is 19.3 Å². The summed E-state index contributed by atoms with van der Waals surface area (Å²) >= 11 is 0. The summed E-state index contributed by atoms with van der Waals surface area (Å²) in [6.07, 6.45) is 5.24. The highest BCUT2D eigenvalue weighted by atomic mass is 16.5. The van der Waals surface area contributed by atoms with Gasteiger partial charge < -0.3 is 9.64 Å². The van der Waals surface area contributed by atoms with Crippen LogP contribution in [-0.4, -0.2) is 60.4 Å². The molecule has 3 amide bonds. The van der Waals surface area contributed by atoms with Crippen LogP contribution in [0.5, 0.6) is 0 Å². The Morgan fingerprint density at radius 3 is 2.77 bits per heavy atom. The maximum atomic E-state index is 13.7. The molecule has 6 heteroatoms. The molecule has 3 aliphatic rings. The minimum absolute atomic E-state index is 0.0209. The normalized spacial score (nSPS) is 28.5. The number of amides is 3. The predicted molar refractivity (Wildman–Crippen MR) is 113 cm³/mol. The molecule has 3 atom stereocenters. The number of likely N-dealkylation sites (tertiary alicyclic amines) is 2. The van der Waals surface area contributed by atoms with E-state index in [1.54, 1.807) is 7.11 Å². The number of methoxy groups -OCH3 is 1. The first-order valence-corrected chi connectivity index (χ1v) is 11.2. The van der Waals surface area contributed by atoms with Gasteiger partial charge in [-0.05, 0) is 49.7 Å². The number of nitrogens with zero attached hydrogens (tertiary/aromatic N) is 2. The SMILES string of the molecule is COCCCN1C(=O)C[C@](CC(=O)N2C[C@H]3CCC[C@@H]2C3)(c2ccccc2C)C1=O. The zero-order valence-electron chi connectivity index (χ0n) is 18.1. The summed E-state index contributed by atoms with van der Waals surface area (Å²) in [5.74, 6) is 0.196. The van der Waals surface area contributed by atoms with Crippen LogP contribution in [0, 0.1) is 12.8 Å². The number of hydrogen-bond acceptors (Lipinski definition) is 4. The van der Waals surface area contributed by atoms with E-state index in [9.17, 15) is 14.4 Å². The largest absolute Gasteiger partial charge is 0.385 e. The van der Waals surface area contributed by atoms with E-state index in [4.69, 9.17) is 4.74 Å². The van der Waals surface area contributed by atoms with Crippen molar-refractivity contribution in [3.8, 4) is 0 Å². The lowest BCUT2D eigenvalue weighted by Gasteiger charge is -2.32. The quantitative estimate of drug-likeness (QED) is 0.510. The lowest BCUT2D eigenvalue weighted by Crippen LogP contribution is -2.45. The van der Waals surface area contributed by atoms with E-state index in [0.29, 0.717) is 31.5 Å². The van der Waals surface area contributed by atoms with Crippen LogP contribution in [-0.2, 0) is 24.5 Å². The molecule has 0 N–H and O–H groups in total. The van der Waals surface area contributed by atoms with Gasteiger partial charge in [0.2, 0.25) is 17.7 Å². The summed E-state index contributed by atoms with van der Waals surface area (Å²) in [4.78, 5) is 43.4. The van der Waals surface area contributed by atoms with Crippen LogP contribution in [0.15, 0.2) is 24.3 Å². The molecule has 2 saturated heterocycles. The highest BCUT2D eigenvalue weighted by molar-refractivity contribution is 6.11. The Hall–Kier alpha value is -2.21. The molecule has 162 valence electrons. The summed E-state index contributed by atoms with van der Waals surface area (Å²) in [5, 5.41) is 0. The number of carbonyl (C=O) groups excluding carboxylic acids is 3. The van der Waals surface area contributed by atoms with Gasteiger partial charge in [-0.1, -0.05) is 30.7 Å². The lowest BCUT2D eigenvalue weighted by molar-refractivity contribution is -0.143. The standard InChI is InChI=1S/C24H32N2O4/c1-17-7-3-4-10-20(17)24(14-21(27)25(23(24)29)11-6-12-30-2)15-22(28)26-16-18-8-5-9-19(26)13-18/h3-4,7,10,18-19H,5-6,8-9,11-16H2,1-2H3/t18-,19+,24-/m0/s1. The number of imide groups is 1. The highest BCUT2D eigenvalue weighted by Crippen LogP contribution is 2.43. The van der Waals surface area contributed by atoms with E-state index in [1.807, 2.05) is 36.1 Å². The molecule has 2 aliphatic heterocycles. The fourth-order valence-electron chi connectivity index (χ4n) is 5.75. The average molecular weight is 413 g/mol. The van der Waals surface area contributed by atoms with E-state index >= 15 is 0 Å². The van der Waals surface area contributed by atoms with Crippen molar-refractivity contribution in [2.75, 3.05) is 26.8 Å². The number of hydrogen-bond donors (Lipinski definition) is 0. The molecular formula is C24H32N2O4. The van der Waals surface area contributed by atoms with Crippen LogP contribution in [0.4, 0.5) is 0 Å². The summed E-state index contributed by atoms with van der Waals surface area (Å²) in [5.41, 5.74) is 0.668. The van der Waals surface area contributed by atoms with Crippen LogP contribution in [0.25, 0.3) is 0 Å². The lowest BCUT2D eigenvalue weighted by atomic mass is 9.74. The van der Waals surface area contributed by atoms with Crippen LogP contribution >= 0.6 is 0 Å². The van der Waals surface area contributed by atoms with E-state index < -0.39 is 5.41 Å². The molecule has 3 fully saturated rings. The molecule has 4 rings (SSSR count). The van der Waals surface area contributed by atoms with Crippen molar-refractivity contribution in [1.29, 1.82) is 0 Å². The van der Waals surface area contributed by atoms with Crippen molar-refractivity contribution in [2.24, 2.45) is 5.92 Å². The first-order valence-electron chi connectivity index (χ1n) is 11.2. The molecule has 30 heavy (non-hydrogen) atoms. The van der Waals surface area contributed by atoms with E-state index in [2.05, 4.69) is 0 Å². The van der Waals surface area contributed by atoms with Gasteiger partial charge in [0.25, 0.3) is 0 Å². The predicted octanol–water partition coefficient (Wildman–Crippen LogP) is 2.82. The molecule has 1 saturated carbocycles. The number of benzene rings is 1. The van der Waals surface area contributed by atoms with Crippen molar-refractivity contribution < 1.29 is 19.1 Å². The van der Waals surface area contributed by atoms with Gasteiger partial charge in [-0.2, -0.15) is 0 Å². The molecule has 1 aromatic rings. The van der Waals surface area contributed by atoms with Gasteiger partial charge >= 0.3 is 0 Å². The maximum Gasteiger partial charge on any atom is 0.240 e. The zero-order chi connectivity index (χ0) is 21.3. The monoisotopic (exact) mass is 412 g/mol. The van der Waals surface area contributed by atoms with Gasteiger partial charge in [-0.15, -0.1) is 0 Å². The third kappa shape index (κ3) is 3.66. The second-order valence-corrected chi connectivity index (χ2v) is 9.18. The van der Waals surface area contributed by atoms with Gasteiger partial charge in [0.15, 0.2) is 0 Å². The zero-order valence-corrected chi connectivity index (χ0v) is 18.1. The van der Waals surface area contributed by atoms with Crippen LogP contribution in [0.3, 0.4) is 0 Å². The number of fused-ring (bicyclic) bond motifs is 2. The van der Waals surface area contributed by atoms with E-state index in [0.717, 1.165) is 30.5 Å². The summed E-state index contributed by atoms with van der Waals surface area (Å²) in [6, 6.07) is 7.98. The van der Waals surface area contributed by atoms with Crippen LogP contribution < -0.4 is 0 Å². The van der Waals surface area contributed by atoms with E-state index in [1.165, 1.54) is 17.7 Å². The Labute approximate surface area is 178 Å². The molecule has 2 heterocycles. The molecule has 0 aromatic heterocycles. The first kappa shape index (κ1) is 21.0. The Morgan fingerprint density at radius 2 is 2.03 bits per heavy atom. The van der Waals surface area contributed by atoms with E-state index in [-0.39, 0.29) is 30.6 Å². The minimum Gasteiger partial charge on any atom is -0.385 e. The number of ether oxygens (including phenoxy) is 1. The second-order valence-electron chi connectivity index (χ2n) is 9.18. The molecule has 1 aromatic carbocycles. The highest BCUT2D eigenvalue weighted by Gasteiger charge is 2.55. The number of aryl methyl sites for hydroxylation is 1. The van der Waals surface area contributed by atoms with Gasteiger partial charge in [0, 0.05) is 45.7 Å². The number of rotatable bonds is 7. The second kappa shape index (κ2) is 8.50. The first-order chi connectivity index (χ1) is 14.5. The van der Waals surface area contributed by atoms with Gasteiger partial charge in [0.1, 0.15) is 0 Å². The molecule has 0 radical (unpaired) electrons. The Kier molecular flexibility index (Phi) is 5.96. The Morgan fingerprint density at radius 1 is 1.23 bits per heavy atom. The van der Waals surface area contributed by atoms with Gasteiger partial charge in [0.05, 0.1) is 5.41 Å². The average Bonchev–Trinajstić information content (AvgIpc) is 3.15. The molecular weight excluding hydrogens is 380 g/mol. The van der Waals surface area contributed by atoms with Gasteiger partial charge in [-0.25, -0.2) is 0 Å². The van der Waals surface area contributed by atoms with Crippen LogP contribution in [0.2, 0.25) is 0 Å². The molecule has 1 aliphatic carbocycles. The summed E-state index contributed by atoms with van der Waals surface area (Å²) in [6.45, 7) is 3.58. The Balaban J connectivity index is 1.64. The third-order valence-electron chi connectivity index (χ3n) is 7.22. The topological polar surface area (TPSA) is 66.9 Å². The smallest absolute Gasteiger partial charge is 0.240 e. The van der Waals surface area contributed by atoms with Crippen molar-refractivity contribution in [1.82, 2.24) is 9.80 Å². The molecule has 2 bridgehead atoms. The molecule has 6 nitrogen and oxygen atoms in total. The van der Waals surface area contributed by atoms with Crippen molar-refractivity contribution in [3.05, 3.63) is 35.4 Å². The third-order valence-corrected chi connectivity index (χ3v) is 7.22. The molecule has 0 unspecified atom stereocenters. The summed E-state index contributed by atoms with van der Waals surface area (Å²) < 4.78 is 5.09. The van der Waals surface area contributed by atoms with Crippen LogP contribution in [0.1, 0.15) is 56.1 Å². The number of carbonyl (C=O) groups is 3. The Bertz CT molecular complexity index is 838. The fourth-order valence-corrected chi connectivity index (χ4v) is 5.75. The van der Waals surface area contributed by atoms with Crippen molar-refractivity contribution in [3.63, 3.8) is 0 Å². The minimum atomic E-state index is -1.09. The summed E-state index contributed by atoms with van der Waals surface area (Å²) in [7, 11) is 1.61.